The monoisotopic (exact) mass is 290 g/mol. The Morgan fingerprint density at radius 2 is 2.10 bits per heavy atom. The van der Waals surface area contributed by atoms with E-state index in [2.05, 4.69) is 39.0 Å². The molecule has 21 heavy (non-hydrogen) atoms. The van der Waals surface area contributed by atoms with Gasteiger partial charge in [-0.15, -0.1) is 0 Å². The van der Waals surface area contributed by atoms with Crippen molar-refractivity contribution in [1.82, 2.24) is 0 Å². The van der Waals surface area contributed by atoms with Gasteiger partial charge in [-0.3, -0.25) is 4.79 Å². The van der Waals surface area contributed by atoms with Crippen LogP contribution in [0.15, 0.2) is 18.2 Å². The molecule has 1 aromatic carbocycles. The molecule has 1 aliphatic rings. The predicted molar refractivity (Wildman–Crippen MR) is 84.0 cm³/mol. The van der Waals surface area contributed by atoms with Crippen molar-refractivity contribution in [2.75, 3.05) is 6.61 Å². The first-order valence-corrected chi connectivity index (χ1v) is 7.93. The first kappa shape index (κ1) is 15.9. The smallest absolute Gasteiger partial charge is 0.306 e. The van der Waals surface area contributed by atoms with Crippen molar-refractivity contribution < 1.29 is 14.6 Å². The van der Waals surface area contributed by atoms with Crippen molar-refractivity contribution in [3.8, 4) is 5.75 Å². The molecule has 116 valence electrons. The number of benzene rings is 1. The average molecular weight is 290 g/mol. The lowest BCUT2D eigenvalue weighted by molar-refractivity contribution is -0.138. The fraction of sp³-hybridized carbons (Fsp3) is 0.611. The zero-order valence-electron chi connectivity index (χ0n) is 13.4. The lowest BCUT2D eigenvalue weighted by atomic mass is 9.90. The van der Waals surface area contributed by atoms with Gasteiger partial charge in [-0.05, 0) is 54.7 Å². The summed E-state index contributed by atoms with van der Waals surface area (Å²) in [6.45, 7) is 9.22. The van der Waals surface area contributed by atoms with Crippen molar-refractivity contribution in [1.29, 1.82) is 0 Å². The van der Waals surface area contributed by atoms with Gasteiger partial charge >= 0.3 is 5.97 Å². The van der Waals surface area contributed by atoms with E-state index in [1.807, 2.05) is 6.92 Å². The van der Waals surface area contributed by atoms with E-state index in [1.165, 1.54) is 11.1 Å². The summed E-state index contributed by atoms with van der Waals surface area (Å²) in [5.74, 6) is 1.39. The van der Waals surface area contributed by atoms with E-state index < -0.39 is 5.97 Å². The van der Waals surface area contributed by atoms with Gasteiger partial charge in [0.25, 0.3) is 0 Å². The third kappa shape index (κ3) is 3.78. The van der Waals surface area contributed by atoms with Crippen LogP contribution >= 0.6 is 0 Å². The van der Waals surface area contributed by atoms with Crippen molar-refractivity contribution in [2.24, 2.45) is 11.8 Å². The van der Waals surface area contributed by atoms with E-state index in [0.717, 1.165) is 18.6 Å². The van der Waals surface area contributed by atoms with Crippen LogP contribution in [-0.2, 0) is 4.79 Å². The van der Waals surface area contributed by atoms with Crippen molar-refractivity contribution >= 4 is 5.97 Å². The SMILES string of the molecule is CCOc1ccc(C(C)CC2CC2C(=O)O)cc1C(C)C. The minimum Gasteiger partial charge on any atom is -0.494 e. The molecular weight excluding hydrogens is 264 g/mol. The summed E-state index contributed by atoms with van der Waals surface area (Å²) in [6, 6.07) is 6.42. The highest BCUT2D eigenvalue weighted by Crippen LogP contribution is 2.45. The quantitative estimate of drug-likeness (QED) is 0.808. The molecule has 3 unspecified atom stereocenters. The topological polar surface area (TPSA) is 46.5 Å². The number of hydrogen-bond acceptors (Lipinski definition) is 2. The number of carbonyl (C=O) groups is 1. The van der Waals surface area contributed by atoms with Crippen LogP contribution in [-0.4, -0.2) is 17.7 Å². The summed E-state index contributed by atoms with van der Waals surface area (Å²) >= 11 is 0. The van der Waals surface area contributed by atoms with Gasteiger partial charge in [0.05, 0.1) is 12.5 Å². The molecule has 0 saturated heterocycles. The molecule has 1 N–H and O–H groups in total. The van der Waals surface area contributed by atoms with Crippen LogP contribution in [0.25, 0.3) is 0 Å². The van der Waals surface area contributed by atoms with Crippen molar-refractivity contribution in [3.63, 3.8) is 0 Å². The van der Waals surface area contributed by atoms with Crippen LogP contribution in [0.4, 0.5) is 0 Å². The Morgan fingerprint density at radius 1 is 1.38 bits per heavy atom. The Bertz CT molecular complexity index is 507. The number of carboxylic acid groups (broad SMARTS) is 1. The van der Waals surface area contributed by atoms with Gasteiger partial charge in [0, 0.05) is 0 Å². The largest absolute Gasteiger partial charge is 0.494 e. The van der Waals surface area contributed by atoms with E-state index in [-0.39, 0.29) is 5.92 Å². The normalized spacial score (nSPS) is 22.1. The molecule has 0 bridgehead atoms. The van der Waals surface area contributed by atoms with E-state index in [4.69, 9.17) is 9.84 Å². The van der Waals surface area contributed by atoms with Crippen LogP contribution in [0.1, 0.15) is 63.5 Å². The first-order chi connectivity index (χ1) is 9.93. The van der Waals surface area contributed by atoms with E-state index in [9.17, 15) is 4.79 Å². The average Bonchev–Trinajstić information content (AvgIpc) is 3.18. The van der Waals surface area contributed by atoms with Crippen molar-refractivity contribution in [2.45, 2.75) is 52.4 Å². The molecule has 1 aromatic rings. The highest BCUT2D eigenvalue weighted by Gasteiger charge is 2.43. The van der Waals surface area contributed by atoms with Gasteiger partial charge < -0.3 is 9.84 Å². The van der Waals surface area contributed by atoms with Gasteiger partial charge in [0.15, 0.2) is 0 Å². The van der Waals surface area contributed by atoms with Crippen LogP contribution in [0.2, 0.25) is 0 Å². The highest BCUT2D eigenvalue weighted by atomic mass is 16.5. The van der Waals surface area contributed by atoms with Crippen LogP contribution in [0.5, 0.6) is 5.75 Å². The van der Waals surface area contributed by atoms with E-state index >= 15 is 0 Å². The second-order valence-electron chi connectivity index (χ2n) is 6.46. The maximum absolute atomic E-state index is 10.9. The third-order valence-electron chi connectivity index (χ3n) is 4.42. The molecule has 1 fully saturated rings. The zero-order valence-corrected chi connectivity index (χ0v) is 13.4. The predicted octanol–water partition coefficient (Wildman–Crippen LogP) is 4.42. The molecule has 1 aliphatic carbocycles. The lowest BCUT2D eigenvalue weighted by Crippen LogP contribution is -2.04. The number of ether oxygens (including phenoxy) is 1. The van der Waals surface area contributed by atoms with Gasteiger partial charge in [-0.2, -0.15) is 0 Å². The van der Waals surface area contributed by atoms with Gasteiger partial charge in [-0.1, -0.05) is 32.9 Å². The Hall–Kier alpha value is -1.51. The van der Waals surface area contributed by atoms with Gasteiger partial charge in [0.2, 0.25) is 0 Å². The first-order valence-electron chi connectivity index (χ1n) is 7.93. The number of carboxylic acids is 1. The highest BCUT2D eigenvalue weighted by molar-refractivity contribution is 5.73. The minimum atomic E-state index is -0.637. The molecule has 0 radical (unpaired) electrons. The summed E-state index contributed by atoms with van der Waals surface area (Å²) in [4.78, 5) is 10.9. The third-order valence-corrected chi connectivity index (χ3v) is 4.42. The standard InChI is InChI=1S/C18H26O3/c1-5-21-17-7-6-13(9-15(17)11(2)3)12(4)8-14-10-16(14)18(19)20/h6-7,9,11-12,14,16H,5,8,10H2,1-4H3,(H,19,20). The summed E-state index contributed by atoms with van der Waals surface area (Å²) in [5, 5.41) is 9.00. The maximum atomic E-state index is 10.9. The van der Waals surface area contributed by atoms with E-state index in [1.54, 1.807) is 0 Å². The van der Waals surface area contributed by atoms with E-state index in [0.29, 0.717) is 24.4 Å². The minimum absolute atomic E-state index is 0.111. The zero-order chi connectivity index (χ0) is 15.6. The summed E-state index contributed by atoms with van der Waals surface area (Å²) in [6.07, 6.45) is 1.80. The van der Waals surface area contributed by atoms with Crippen molar-refractivity contribution in [3.05, 3.63) is 29.3 Å². The fourth-order valence-electron chi connectivity index (χ4n) is 3.01. The molecular formula is C18H26O3. The molecule has 0 aliphatic heterocycles. The fourth-order valence-corrected chi connectivity index (χ4v) is 3.01. The number of hydrogen-bond donors (Lipinski definition) is 1. The van der Waals surface area contributed by atoms with Gasteiger partial charge in [0.1, 0.15) is 5.75 Å². The summed E-state index contributed by atoms with van der Waals surface area (Å²) in [5.41, 5.74) is 2.53. The molecule has 0 amide bonds. The Balaban J connectivity index is 2.09. The number of rotatable bonds is 7. The molecule has 0 heterocycles. The number of aliphatic carboxylic acids is 1. The molecule has 3 heteroatoms. The van der Waals surface area contributed by atoms with Crippen LogP contribution in [0, 0.1) is 11.8 Å². The summed E-state index contributed by atoms with van der Waals surface area (Å²) < 4.78 is 5.70. The molecule has 0 aromatic heterocycles. The summed E-state index contributed by atoms with van der Waals surface area (Å²) in [7, 11) is 0. The second-order valence-corrected chi connectivity index (χ2v) is 6.46. The molecule has 0 spiro atoms. The molecule has 1 saturated carbocycles. The molecule has 2 rings (SSSR count). The molecule has 3 atom stereocenters. The Labute approximate surface area is 127 Å². The van der Waals surface area contributed by atoms with Crippen LogP contribution in [0.3, 0.4) is 0 Å². The lowest BCUT2D eigenvalue weighted by Gasteiger charge is -2.18. The molecule has 3 nitrogen and oxygen atoms in total. The van der Waals surface area contributed by atoms with Crippen LogP contribution < -0.4 is 4.74 Å². The Morgan fingerprint density at radius 3 is 2.62 bits per heavy atom. The maximum Gasteiger partial charge on any atom is 0.306 e. The van der Waals surface area contributed by atoms with Gasteiger partial charge in [-0.25, -0.2) is 0 Å². The second kappa shape index (κ2) is 6.50. The Kier molecular flexibility index (Phi) is 4.92.